The zero-order valence-electron chi connectivity index (χ0n) is 14.7. The van der Waals surface area contributed by atoms with Gasteiger partial charge in [0.2, 0.25) is 0 Å². The first kappa shape index (κ1) is 17.5. The number of ether oxygens (including phenoxy) is 1. The number of likely N-dealkylation sites (tertiary alicyclic amines) is 1. The number of benzene rings is 1. The highest BCUT2D eigenvalue weighted by Gasteiger charge is 2.39. The van der Waals surface area contributed by atoms with E-state index in [1.54, 1.807) is 18.9 Å². The van der Waals surface area contributed by atoms with Gasteiger partial charge >= 0.3 is 5.97 Å². The summed E-state index contributed by atoms with van der Waals surface area (Å²) < 4.78 is 7.17. The molecule has 0 spiro atoms. The second-order valence-electron chi connectivity index (χ2n) is 6.94. The lowest BCUT2D eigenvalue weighted by atomic mass is 9.82. The molecule has 1 amide bonds. The molecule has 2 heterocycles. The van der Waals surface area contributed by atoms with Gasteiger partial charge in [0.25, 0.3) is 5.91 Å². The van der Waals surface area contributed by atoms with E-state index in [0.717, 1.165) is 10.9 Å². The number of carboxylic acids is 1. The molecule has 134 valence electrons. The van der Waals surface area contributed by atoms with Crippen LogP contribution in [0.1, 0.15) is 30.1 Å². The van der Waals surface area contributed by atoms with Gasteiger partial charge in [-0.2, -0.15) is 0 Å². The number of fused-ring (bicyclic) bond motifs is 1. The van der Waals surface area contributed by atoms with E-state index in [2.05, 4.69) is 0 Å². The standard InChI is InChI=1S/C19H24N2O4/c1-19(18(23)24)8-5-9-21(13-19)17(22)15-12-20(10-11-25-2)16-7-4-3-6-14(15)16/h3-4,6-7,12H,5,8-11,13H2,1-2H3,(H,23,24). The second kappa shape index (κ2) is 6.88. The maximum Gasteiger partial charge on any atom is 0.311 e. The van der Waals surface area contributed by atoms with Crippen LogP contribution >= 0.6 is 0 Å². The summed E-state index contributed by atoms with van der Waals surface area (Å²) in [5, 5.41) is 10.4. The van der Waals surface area contributed by atoms with E-state index >= 15 is 0 Å². The normalized spacial score (nSPS) is 20.8. The first-order valence-electron chi connectivity index (χ1n) is 8.56. The molecule has 6 nitrogen and oxygen atoms in total. The van der Waals surface area contributed by atoms with Crippen LogP contribution in [-0.2, 0) is 16.1 Å². The Labute approximate surface area is 147 Å². The van der Waals surface area contributed by atoms with Gasteiger partial charge in [-0.1, -0.05) is 18.2 Å². The fourth-order valence-electron chi connectivity index (χ4n) is 3.55. The number of nitrogens with zero attached hydrogens (tertiary/aromatic N) is 2. The minimum atomic E-state index is -0.873. The number of piperidine rings is 1. The van der Waals surface area contributed by atoms with Crippen LogP contribution in [-0.4, -0.2) is 53.3 Å². The van der Waals surface area contributed by atoms with Gasteiger partial charge in [0.05, 0.1) is 17.6 Å². The molecule has 6 heteroatoms. The molecule has 2 aromatic rings. The van der Waals surface area contributed by atoms with Gasteiger partial charge in [-0.3, -0.25) is 9.59 Å². The number of rotatable bonds is 5. The van der Waals surface area contributed by atoms with Crippen molar-refractivity contribution in [1.82, 2.24) is 9.47 Å². The fraction of sp³-hybridized carbons (Fsp3) is 0.474. The Morgan fingerprint density at radius 3 is 2.80 bits per heavy atom. The lowest BCUT2D eigenvalue weighted by molar-refractivity contribution is -0.150. The quantitative estimate of drug-likeness (QED) is 0.905. The summed E-state index contributed by atoms with van der Waals surface area (Å²) >= 11 is 0. The van der Waals surface area contributed by atoms with Gasteiger partial charge in [0.15, 0.2) is 0 Å². The Bertz CT molecular complexity index is 798. The molecule has 1 aromatic heterocycles. The highest BCUT2D eigenvalue weighted by atomic mass is 16.5. The zero-order chi connectivity index (χ0) is 18.0. The molecule has 1 unspecified atom stereocenters. The van der Waals surface area contributed by atoms with E-state index in [0.29, 0.717) is 38.1 Å². The second-order valence-corrected chi connectivity index (χ2v) is 6.94. The number of carboxylic acid groups (broad SMARTS) is 1. The Balaban J connectivity index is 1.93. The number of amides is 1. The van der Waals surface area contributed by atoms with Crippen LogP contribution in [0, 0.1) is 5.41 Å². The van der Waals surface area contributed by atoms with Crippen LogP contribution in [0.25, 0.3) is 10.9 Å². The van der Waals surface area contributed by atoms with Crippen molar-refractivity contribution in [3.8, 4) is 0 Å². The predicted molar refractivity (Wildman–Crippen MR) is 94.7 cm³/mol. The van der Waals surface area contributed by atoms with Crippen molar-refractivity contribution in [3.63, 3.8) is 0 Å². The molecule has 0 radical (unpaired) electrons. The van der Waals surface area contributed by atoms with Crippen LogP contribution in [0.3, 0.4) is 0 Å². The van der Waals surface area contributed by atoms with Gasteiger partial charge < -0.3 is 19.3 Å². The van der Waals surface area contributed by atoms with Gasteiger partial charge in [-0.25, -0.2) is 0 Å². The molecule has 0 aliphatic carbocycles. The van der Waals surface area contributed by atoms with E-state index in [1.165, 1.54) is 0 Å². The summed E-state index contributed by atoms with van der Waals surface area (Å²) in [5.41, 5.74) is 0.741. The predicted octanol–water partition coefficient (Wildman–Crippen LogP) is 2.61. The molecule has 1 aliphatic heterocycles. The van der Waals surface area contributed by atoms with Gasteiger partial charge in [-0.05, 0) is 25.8 Å². The van der Waals surface area contributed by atoms with Crippen LogP contribution in [0.15, 0.2) is 30.5 Å². The number of aliphatic carboxylic acids is 1. The van der Waals surface area contributed by atoms with Crippen LogP contribution in [0.2, 0.25) is 0 Å². The monoisotopic (exact) mass is 344 g/mol. The van der Waals surface area contributed by atoms with Crippen LogP contribution in [0.5, 0.6) is 0 Å². The Morgan fingerprint density at radius 1 is 1.32 bits per heavy atom. The van der Waals surface area contributed by atoms with Crippen molar-refractivity contribution in [2.75, 3.05) is 26.8 Å². The molecule has 3 rings (SSSR count). The maximum absolute atomic E-state index is 13.1. The topological polar surface area (TPSA) is 71.8 Å². The summed E-state index contributed by atoms with van der Waals surface area (Å²) in [4.78, 5) is 26.3. The molecule has 1 fully saturated rings. The van der Waals surface area contributed by atoms with Crippen molar-refractivity contribution in [2.24, 2.45) is 5.41 Å². The SMILES string of the molecule is COCCn1cc(C(=O)N2CCCC(C)(C(=O)O)C2)c2ccccc21. The van der Waals surface area contributed by atoms with E-state index in [4.69, 9.17) is 4.74 Å². The molecule has 0 bridgehead atoms. The molecule has 1 aromatic carbocycles. The molecule has 1 aliphatic rings. The van der Waals surface area contributed by atoms with Gasteiger partial charge in [0, 0.05) is 43.8 Å². The summed E-state index contributed by atoms with van der Waals surface area (Å²) in [6.07, 6.45) is 3.16. The highest BCUT2D eigenvalue weighted by Crippen LogP contribution is 2.31. The molecule has 0 saturated carbocycles. The van der Waals surface area contributed by atoms with E-state index in [9.17, 15) is 14.7 Å². The molecule has 1 saturated heterocycles. The largest absolute Gasteiger partial charge is 0.481 e. The average Bonchev–Trinajstić information content (AvgIpc) is 2.98. The summed E-state index contributed by atoms with van der Waals surface area (Å²) in [6.45, 7) is 3.79. The van der Waals surface area contributed by atoms with Gasteiger partial charge in [-0.15, -0.1) is 0 Å². The molecular formula is C19H24N2O4. The minimum Gasteiger partial charge on any atom is -0.481 e. The Kier molecular flexibility index (Phi) is 4.81. The third kappa shape index (κ3) is 3.26. The smallest absolute Gasteiger partial charge is 0.311 e. The number of methoxy groups -OCH3 is 1. The third-order valence-electron chi connectivity index (χ3n) is 5.06. The summed E-state index contributed by atoms with van der Waals surface area (Å²) in [7, 11) is 1.65. The first-order chi connectivity index (χ1) is 12.0. The lowest BCUT2D eigenvalue weighted by Crippen LogP contribution is -2.48. The summed E-state index contributed by atoms with van der Waals surface area (Å²) in [5.74, 6) is -0.938. The van der Waals surface area contributed by atoms with E-state index in [1.807, 2.05) is 35.0 Å². The highest BCUT2D eigenvalue weighted by molar-refractivity contribution is 6.07. The molecule has 1 atom stereocenters. The fourth-order valence-corrected chi connectivity index (χ4v) is 3.55. The number of para-hydroxylation sites is 1. The number of aromatic nitrogens is 1. The third-order valence-corrected chi connectivity index (χ3v) is 5.06. The van der Waals surface area contributed by atoms with Crippen LogP contribution < -0.4 is 0 Å². The maximum atomic E-state index is 13.1. The van der Waals surface area contributed by atoms with Crippen molar-refractivity contribution in [3.05, 3.63) is 36.0 Å². The van der Waals surface area contributed by atoms with Crippen molar-refractivity contribution in [2.45, 2.75) is 26.3 Å². The van der Waals surface area contributed by atoms with Crippen LogP contribution in [0.4, 0.5) is 0 Å². The average molecular weight is 344 g/mol. The molecule has 1 N–H and O–H groups in total. The van der Waals surface area contributed by atoms with Gasteiger partial charge in [0.1, 0.15) is 0 Å². The lowest BCUT2D eigenvalue weighted by Gasteiger charge is -2.37. The van der Waals surface area contributed by atoms with Crippen molar-refractivity contribution >= 4 is 22.8 Å². The van der Waals surface area contributed by atoms with Crippen molar-refractivity contribution in [1.29, 1.82) is 0 Å². The van der Waals surface area contributed by atoms with E-state index < -0.39 is 11.4 Å². The zero-order valence-corrected chi connectivity index (χ0v) is 14.7. The first-order valence-corrected chi connectivity index (χ1v) is 8.56. The van der Waals surface area contributed by atoms with Crippen molar-refractivity contribution < 1.29 is 19.4 Å². The summed E-state index contributed by atoms with van der Waals surface area (Å²) in [6, 6.07) is 7.78. The molecular weight excluding hydrogens is 320 g/mol. The number of hydrogen-bond acceptors (Lipinski definition) is 3. The Hall–Kier alpha value is -2.34. The minimum absolute atomic E-state index is 0.0976. The Morgan fingerprint density at radius 2 is 2.08 bits per heavy atom. The number of carbonyl (C=O) groups is 2. The molecule has 25 heavy (non-hydrogen) atoms. The van der Waals surface area contributed by atoms with E-state index in [-0.39, 0.29) is 12.5 Å². The number of hydrogen-bond donors (Lipinski definition) is 1. The number of carbonyl (C=O) groups excluding carboxylic acids is 1.